The number of hydrogen-bond donors (Lipinski definition) is 3. The van der Waals surface area contributed by atoms with Gasteiger partial charge in [-0.25, -0.2) is 4.98 Å². The molecule has 24 heavy (non-hydrogen) atoms. The average Bonchev–Trinajstić information content (AvgIpc) is 3.01. The first-order chi connectivity index (χ1) is 10.9. The standard InChI is InChI=1S/C13H16N3O6P.CH4/c1-6-9(5-17)21-13(10(6)22-23(19)20)16-4-3-8-11(16)14-7(2)15-12(8)18;/h3-4,6,9-10,13,17H,5H2,1-2H3,(H-,14,15,18,19,20);1H4/p+1/t6-,9+,10?,13+;/m0./s1. The number of nitrogens with one attached hydrogen (secondary N) is 1. The Labute approximate surface area is 139 Å². The van der Waals surface area contributed by atoms with Crippen molar-refractivity contribution in [1.82, 2.24) is 14.5 Å². The molecule has 9 nitrogen and oxygen atoms in total. The van der Waals surface area contributed by atoms with Crippen molar-refractivity contribution in [2.24, 2.45) is 5.92 Å². The molecule has 0 bridgehead atoms. The van der Waals surface area contributed by atoms with Crippen molar-refractivity contribution in [1.29, 1.82) is 0 Å². The smallest absolute Gasteiger partial charge is 0.394 e. The lowest BCUT2D eigenvalue weighted by Crippen LogP contribution is -2.27. The Morgan fingerprint density at radius 3 is 2.88 bits per heavy atom. The molecule has 1 aliphatic heterocycles. The zero-order chi connectivity index (χ0) is 16.7. The topological polar surface area (TPSA) is 127 Å². The summed E-state index contributed by atoms with van der Waals surface area (Å²) in [5.74, 6) is 0.134. The van der Waals surface area contributed by atoms with Crippen LogP contribution in [0.1, 0.15) is 26.4 Å². The van der Waals surface area contributed by atoms with Gasteiger partial charge >= 0.3 is 8.25 Å². The first kappa shape index (κ1) is 18.7. The molecule has 0 spiro atoms. The fourth-order valence-electron chi connectivity index (χ4n) is 2.90. The van der Waals surface area contributed by atoms with Crippen LogP contribution in [0, 0.1) is 12.8 Å². The van der Waals surface area contributed by atoms with Gasteiger partial charge in [0.1, 0.15) is 11.5 Å². The monoisotopic (exact) mass is 358 g/mol. The van der Waals surface area contributed by atoms with Crippen molar-refractivity contribution in [3.63, 3.8) is 0 Å². The Hall–Kier alpha value is -1.64. The van der Waals surface area contributed by atoms with Crippen LogP contribution in [0.25, 0.3) is 11.0 Å². The molecule has 1 fully saturated rings. The summed E-state index contributed by atoms with van der Waals surface area (Å²) in [5.41, 5.74) is 0.116. The number of aryl methyl sites for hydroxylation is 1. The van der Waals surface area contributed by atoms with Crippen LogP contribution in [-0.4, -0.2) is 43.3 Å². The number of nitrogens with zero attached hydrogens (tertiary/aromatic N) is 2. The Morgan fingerprint density at radius 1 is 1.54 bits per heavy atom. The van der Waals surface area contributed by atoms with E-state index in [1.54, 1.807) is 30.7 Å². The van der Waals surface area contributed by atoms with Crippen LogP contribution in [0.5, 0.6) is 0 Å². The van der Waals surface area contributed by atoms with E-state index in [-0.39, 0.29) is 25.5 Å². The number of ether oxygens (including phenoxy) is 1. The van der Waals surface area contributed by atoms with E-state index in [1.807, 2.05) is 0 Å². The molecule has 3 heterocycles. The highest BCUT2D eigenvalue weighted by atomic mass is 31.1. The molecule has 2 unspecified atom stereocenters. The maximum absolute atomic E-state index is 12.0. The van der Waals surface area contributed by atoms with Gasteiger partial charge in [0.15, 0.2) is 12.3 Å². The minimum Gasteiger partial charge on any atom is -0.394 e. The number of aliphatic hydroxyl groups excluding tert-OH is 1. The summed E-state index contributed by atoms with van der Waals surface area (Å²) in [7, 11) is -2.83. The molecule has 1 aliphatic rings. The van der Waals surface area contributed by atoms with Gasteiger partial charge in [-0.15, -0.1) is 9.42 Å². The lowest BCUT2D eigenvalue weighted by molar-refractivity contribution is -0.0448. The van der Waals surface area contributed by atoms with Crippen LogP contribution in [-0.2, 0) is 13.8 Å². The summed E-state index contributed by atoms with van der Waals surface area (Å²) in [6.07, 6.45) is -0.442. The lowest BCUT2D eigenvalue weighted by atomic mass is 10.0. The molecule has 3 N–H and O–H groups in total. The Morgan fingerprint density at radius 2 is 2.25 bits per heavy atom. The fourth-order valence-corrected chi connectivity index (χ4v) is 3.40. The van der Waals surface area contributed by atoms with Gasteiger partial charge < -0.3 is 19.4 Å². The maximum atomic E-state index is 12.0. The minimum atomic E-state index is -2.83. The highest BCUT2D eigenvalue weighted by molar-refractivity contribution is 7.32. The number of H-pyrrole nitrogens is 1. The molecule has 10 heteroatoms. The largest absolute Gasteiger partial charge is 0.695 e. The summed E-state index contributed by atoms with van der Waals surface area (Å²) in [5, 5.41) is 9.79. The molecule has 132 valence electrons. The highest BCUT2D eigenvalue weighted by Crippen LogP contribution is 2.40. The van der Waals surface area contributed by atoms with Crippen LogP contribution >= 0.6 is 8.25 Å². The first-order valence-electron chi connectivity index (χ1n) is 7.09. The zero-order valence-corrected chi connectivity index (χ0v) is 13.4. The lowest BCUT2D eigenvalue weighted by Gasteiger charge is -2.17. The van der Waals surface area contributed by atoms with Gasteiger partial charge in [-0.2, -0.15) is 0 Å². The molecule has 0 radical (unpaired) electrons. The number of rotatable bonds is 4. The van der Waals surface area contributed by atoms with E-state index in [0.717, 1.165) is 0 Å². The van der Waals surface area contributed by atoms with E-state index >= 15 is 0 Å². The fraction of sp³-hybridized carbons (Fsp3) is 0.571. The number of aromatic amines is 1. The quantitative estimate of drug-likeness (QED) is 0.702. The van der Waals surface area contributed by atoms with Crippen LogP contribution < -0.4 is 5.56 Å². The molecule has 5 atom stereocenters. The van der Waals surface area contributed by atoms with Crippen molar-refractivity contribution in [2.75, 3.05) is 6.61 Å². The maximum Gasteiger partial charge on any atom is 0.695 e. The van der Waals surface area contributed by atoms with Gasteiger partial charge in [-0.05, 0) is 13.0 Å². The van der Waals surface area contributed by atoms with Crippen molar-refractivity contribution < 1.29 is 23.8 Å². The van der Waals surface area contributed by atoms with Gasteiger partial charge in [-0.1, -0.05) is 14.4 Å². The summed E-state index contributed by atoms with van der Waals surface area (Å²) in [6, 6.07) is 1.59. The summed E-state index contributed by atoms with van der Waals surface area (Å²) < 4.78 is 23.6. The second kappa shape index (κ2) is 7.08. The molecule has 2 aromatic heterocycles. The molecule has 3 rings (SSSR count). The van der Waals surface area contributed by atoms with Gasteiger partial charge in [0.25, 0.3) is 5.56 Å². The van der Waals surface area contributed by atoms with Crippen molar-refractivity contribution in [3.8, 4) is 0 Å². The van der Waals surface area contributed by atoms with E-state index < -0.39 is 26.7 Å². The summed E-state index contributed by atoms with van der Waals surface area (Å²) in [4.78, 5) is 28.0. The Kier molecular flexibility index (Phi) is 5.52. The molecule has 0 saturated carbocycles. The average molecular weight is 358 g/mol. The van der Waals surface area contributed by atoms with Crippen LogP contribution in [0.15, 0.2) is 17.1 Å². The molecular weight excluding hydrogens is 337 g/mol. The van der Waals surface area contributed by atoms with Crippen LogP contribution in [0.2, 0.25) is 0 Å². The van der Waals surface area contributed by atoms with E-state index in [2.05, 4.69) is 9.97 Å². The molecule has 0 amide bonds. The predicted octanol–water partition coefficient (Wildman–Crippen LogP) is 1.23. The van der Waals surface area contributed by atoms with Crippen molar-refractivity contribution in [3.05, 3.63) is 28.4 Å². The van der Waals surface area contributed by atoms with Gasteiger partial charge in [-0.3, -0.25) is 4.79 Å². The van der Waals surface area contributed by atoms with E-state index in [4.69, 9.17) is 14.2 Å². The third-order valence-electron chi connectivity index (χ3n) is 4.07. The second-order valence-electron chi connectivity index (χ2n) is 5.53. The van der Waals surface area contributed by atoms with E-state index in [1.165, 1.54) is 0 Å². The Balaban J connectivity index is 0.00000208. The third-order valence-corrected chi connectivity index (χ3v) is 4.49. The molecular formula is C14H21N3O6P+. The number of aliphatic hydroxyl groups is 1. The van der Waals surface area contributed by atoms with Crippen molar-refractivity contribution >= 4 is 19.3 Å². The molecule has 0 aromatic carbocycles. The predicted molar refractivity (Wildman–Crippen MR) is 86.7 cm³/mol. The molecule has 2 aromatic rings. The first-order valence-corrected chi connectivity index (χ1v) is 8.22. The highest BCUT2D eigenvalue weighted by Gasteiger charge is 2.48. The number of fused-ring (bicyclic) bond motifs is 1. The van der Waals surface area contributed by atoms with Crippen molar-refractivity contribution in [2.45, 2.75) is 39.7 Å². The number of aromatic nitrogens is 3. The van der Waals surface area contributed by atoms with Gasteiger partial charge in [0, 0.05) is 16.7 Å². The van der Waals surface area contributed by atoms with Crippen LogP contribution in [0.4, 0.5) is 0 Å². The van der Waals surface area contributed by atoms with Gasteiger partial charge in [0.2, 0.25) is 0 Å². The van der Waals surface area contributed by atoms with Crippen LogP contribution in [0.3, 0.4) is 0 Å². The Bertz CT molecular complexity index is 803. The minimum absolute atomic E-state index is 0. The summed E-state index contributed by atoms with van der Waals surface area (Å²) in [6.45, 7) is 3.18. The third kappa shape index (κ3) is 3.13. The normalized spacial score (nSPS) is 27.2. The second-order valence-corrected chi connectivity index (χ2v) is 6.21. The number of hydrogen-bond acceptors (Lipinski definition) is 6. The molecule has 0 aliphatic carbocycles. The molecule has 1 saturated heterocycles. The summed E-state index contributed by atoms with van der Waals surface area (Å²) >= 11 is 0. The SMILES string of the molecule is C.Cc1nc2c(ccn2[C@@H]2O[C@H](CO)[C@H](C)C2O[P+](=O)O)c(=O)[nH]1. The van der Waals surface area contributed by atoms with Gasteiger partial charge in [0.05, 0.1) is 18.1 Å². The zero-order valence-electron chi connectivity index (χ0n) is 12.5. The van der Waals surface area contributed by atoms with E-state index in [0.29, 0.717) is 16.9 Å². The van der Waals surface area contributed by atoms with E-state index in [9.17, 15) is 14.5 Å².